The van der Waals surface area contributed by atoms with Crippen molar-refractivity contribution in [1.82, 2.24) is 4.90 Å². The number of morpholine rings is 1. The van der Waals surface area contributed by atoms with Gasteiger partial charge in [0, 0.05) is 12.1 Å². The van der Waals surface area contributed by atoms with Crippen LogP contribution >= 0.6 is 0 Å². The third kappa shape index (κ3) is 2.54. The fourth-order valence-electron chi connectivity index (χ4n) is 2.19. The van der Waals surface area contributed by atoms with E-state index in [9.17, 15) is 9.90 Å². The molecule has 1 amide bonds. The summed E-state index contributed by atoms with van der Waals surface area (Å²) in [4.78, 5) is 14.2. The van der Waals surface area contributed by atoms with Gasteiger partial charge >= 0.3 is 0 Å². The summed E-state index contributed by atoms with van der Waals surface area (Å²) < 4.78 is 5.29. The zero-order valence-corrected chi connectivity index (χ0v) is 10.8. The smallest absolute Gasteiger partial charge is 0.254 e. The van der Waals surface area contributed by atoms with Gasteiger partial charge in [-0.3, -0.25) is 4.79 Å². The molecule has 0 spiro atoms. The van der Waals surface area contributed by atoms with E-state index < -0.39 is 0 Å². The first-order valence-corrected chi connectivity index (χ1v) is 6.20. The largest absolute Gasteiger partial charge is 0.394 e. The van der Waals surface area contributed by atoms with Gasteiger partial charge in [0.2, 0.25) is 0 Å². The molecule has 1 heterocycles. The number of hydrogen-bond donors (Lipinski definition) is 1. The summed E-state index contributed by atoms with van der Waals surface area (Å²) in [6.45, 7) is 5.33. The number of aryl methyl sites for hydroxylation is 2. The summed E-state index contributed by atoms with van der Waals surface area (Å²) in [6.07, 6.45) is 0. The maximum Gasteiger partial charge on any atom is 0.254 e. The van der Waals surface area contributed by atoms with Crippen LogP contribution in [0.2, 0.25) is 0 Å². The molecule has 98 valence electrons. The highest BCUT2D eigenvalue weighted by Crippen LogP contribution is 2.17. The second-order valence-electron chi connectivity index (χ2n) is 4.73. The van der Waals surface area contributed by atoms with E-state index in [1.807, 2.05) is 32.0 Å². The number of rotatable bonds is 2. The van der Waals surface area contributed by atoms with E-state index in [-0.39, 0.29) is 18.6 Å². The Morgan fingerprint density at radius 2 is 2.28 bits per heavy atom. The highest BCUT2D eigenvalue weighted by Gasteiger charge is 2.28. The highest BCUT2D eigenvalue weighted by molar-refractivity contribution is 5.96. The van der Waals surface area contributed by atoms with Gasteiger partial charge in [0.25, 0.3) is 5.91 Å². The molecular formula is C14H19NO3. The minimum absolute atomic E-state index is 0.0152. The Balaban J connectivity index is 2.26. The van der Waals surface area contributed by atoms with Crippen molar-refractivity contribution in [2.45, 2.75) is 19.9 Å². The average molecular weight is 249 g/mol. The average Bonchev–Trinajstić information content (AvgIpc) is 2.40. The van der Waals surface area contributed by atoms with Crippen LogP contribution in [0.5, 0.6) is 0 Å². The number of carbonyl (C=O) groups is 1. The minimum Gasteiger partial charge on any atom is -0.394 e. The number of aliphatic hydroxyl groups is 1. The normalized spacial score (nSPS) is 19.9. The van der Waals surface area contributed by atoms with Gasteiger partial charge in [-0.2, -0.15) is 0 Å². The lowest BCUT2D eigenvalue weighted by molar-refractivity contribution is -0.0184. The lowest BCUT2D eigenvalue weighted by atomic mass is 10.0. The molecule has 0 aromatic heterocycles. The van der Waals surface area contributed by atoms with Gasteiger partial charge in [-0.1, -0.05) is 17.7 Å². The highest BCUT2D eigenvalue weighted by atomic mass is 16.5. The van der Waals surface area contributed by atoms with Crippen LogP contribution in [0.25, 0.3) is 0 Å². The van der Waals surface area contributed by atoms with Gasteiger partial charge in [0.05, 0.1) is 25.9 Å². The van der Waals surface area contributed by atoms with Crippen LogP contribution in [-0.4, -0.2) is 48.3 Å². The standard InChI is InChI=1S/C14H19NO3/c1-10-3-4-11(2)13(7-10)14(17)15-5-6-18-9-12(15)8-16/h3-4,7,12,16H,5-6,8-9H2,1-2H3. The molecule has 1 unspecified atom stereocenters. The van der Waals surface area contributed by atoms with Crippen LogP contribution in [0.15, 0.2) is 18.2 Å². The number of hydrogen-bond acceptors (Lipinski definition) is 3. The monoisotopic (exact) mass is 249 g/mol. The summed E-state index contributed by atoms with van der Waals surface area (Å²) in [5, 5.41) is 9.31. The maximum atomic E-state index is 12.5. The van der Waals surface area contributed by atoms with E-state index >= 15 is 0 Å². The zero-order chi connectivity index (χ0) is 13.1. The van der Waals surface area contributed by atoms with Crippen LogP contribution in [0.1, 0.15) is 21.5 Å². The molecule has 4 heteroatoms. The van der Waals surface area contributed by atoms with E-state index in [1.165, 1.54) is 0 Å². The van der Waals surface area contributed by atoms with Gasteiger partial charge in [-0.05, 0) is 25.5 Å². The topological polar surface area (TPSA) is 49.8 Å². The van der Waals surface area contributed by atoms with Crippen LogP contribution < -0.4 is 0 Å². The van der Waals surface area contributed by atoms with Crippen LogP contribution in [0.4, 0.5) is 0 Å². The van der Waals surface area contributed by atoms with Gasteiger partial charge in [0.15, 0.2) is 0 Å². The Hall–Kier alpha value is -1.39. The molecule has 1 aliphatic rings. The van der Waals surface area contributed by atoms with Gasteiger partial charge in [-0.25, -0.2) is 0 Å². The van der Waals surface area contributed by atoms with Crippen molar-refractivity contribution in [2.75, 3.05) is 26.4 Å². The van der Waals surface area contributed by atoms with E-state index in [1.54, 1.807) is 4.90 Å². The summed E-state index contributed by atoms with van der Waals surface area (Å²) in [6, 6.07) is 5.62. The van der Waals surface area contributed by atoms with Crippen molar-refractivity contribution in [3.8, 4) is 0 Å². The van der Waals surface area contributed by atoms with Crippen molar-refractivity contribution in [3.05, 3.63) is 34.9 Å². The van der Waals surface area contributed by atoms with E-state index in [4.69, 9.17) is 4.74 Å². The molecule has 0 saturated carbocycles. The third-order valence-electron chi connectivity index (χ3n) is 3.32. The van der Waals surface area contributed by atoms with Crippen LogP contribution in [0.3, 0.4) is 0 Å². The number of aliphatic hydroxyl groups excluding tert-OH is 1. The fraction of sp³-hybridized carbons (Fsp3) is 0.500. The van der Waals surface area contributed by atoms with Gasteiger partial charge in [-0.15, -0.1) is 0 Å². The number of ether oxygens (including phenoxy) is 1. The number of benzene rings is 1. The molecular weight excluding hydrogens is 230 g/mol. The predicted octanol–water partition coefficient (Wildman–Crippen LogP) is 1.14. The van der Waals surface area contributed by atoms with Crippen molar-refractivity contribution < 1.29 is 14.6 Å². The molecule has 0 radical (unpaired) electrons. The molecule has 1 aromatic carbocycles. The SMILES string of the molecule is Cc1ccc(C)c(C(=O)N2CCOCC2CO)c1. The lowest BCUT2D eigenvalue weighted by Crippen LogP contribution is -2.50. The van der Waals surface area contributed by atoms with Crippen molar-refractivity contribution in [2.24, 2.45) is 0 Å². The molecule has 1 saturated heterocycles. The number of carbonyl (C=O) groups excluding carboxylic acids is 1. The van der Waals surface area contributed by atoms with Gasteiger partial charge in [0.1, 0.15) is 0 Å². The Morgan fingerprint density at radius 1 is 1.50 bits per heavy atom. The third-order valence-corrected chi connectivity index (χ3v) is 3.32. The summed E-state index contributed by atoms with van der Waals surface area (Å²) >= 11 is 0. The maximum absolute atomic E-state index is 12.5. The molecule has 1 aliphatic heterocycles. The number of nitrogens with zero attached hydrogens (tertiary/aromatic N) is 1. The second kappa shape index (κ2) is 5.50. The first-order chi connectivity index (χ1) is 8.63. The molecule has 4 nitrogen and oxygen atoms in total. The molecule has 1 N–H and O–H groups in total. The molecule has 1 fully saturated rings. The van der Waals surface area contributed by atoms with Gasteiger partial charge < -0.3 is 14.7 Å². The first kappa shape index (κ1) is 13.1. The Morgan fingerprint density at radius 3 is 3.00 bits per heavy atom. The van der Waals surface area contributed by atoms with E-state index in [0.29, 0.717) is 19.8 Å². The Labute approximate surface area is 107 Å². The molecule has 1 aromatic rings. The first-order valence-electron chi connectivity index (χ1n) is 6.20. The van der Waals surface area contributed by atoms with Crippen LogP contribution in [-0.2, 0) is 4.74 Å². The zero-order valence-electron chi connectivity index (χ0n) is 10.8. The molecule has 1 atom stereocenters. The Bertz CT molecular complexity index is 445. The molecule has 18 heavy (non-hydrogen) atoms. The van der Waals surface area contributed by atoms with Crippen LogP contribution in [0, 0.1) is 13.8 Å². The predicted molar refractivity (Wildman–Crippen MR) is 68.6 cm³/mol. The Kier molecular flexibility index (Phi) is 3.99. The molecule has 2 rings (SSSR count). The number of amides is 1. The summed E-state index contributed by atoms with van der Waals surface area (Å²) in [7, 11) is 0. The second-order valence-corrected chi connectivity index (χ2v) is 4.73. The fourth-order valence-corrected chi connectivity index (χ4v) is 2.19. The van der Waals surface area contributed by atoms with Crippen molar-refractivity contribution in [1.29, 1.82) is 0 Å². The molecule has 0 aliphatic carbocycles. The minimum atomic E-state index is -0.230. The quantitative estimate of drug-likeness (QED) is 0.855. The van der Waals surface area contributed by atoms with Crippen molar-refractivity contribution >= 4 is 5.91 Å². The van der Waals surface area contributed by atoms with Crippen molar-refractivity contribution in [3.63, 3.8) is 0 Å². The van der Waals surface area contributed by atoms with E-state index in [2.05, 4.69) is 0 Å². The lowest BCUT2D eigenvalue weighted by Gasteiger charge is -2.34. The summed E-state index contributed by atoms with van der Waals surface area (Å²) in [5.41, 5.74) is 2.75. The summed E-state index contributed by atoms with van der Waals surface area (Å²) in [5.74, 6) is -0.0152. The molecule has 0 bridgehead atoms. The van der Waals surface area contributed by atoms with E-state index in [0.717, 1.165) is 16.7 Å².